The van der Waals surface area contributed by atoms with Gasteiger partial charge in [0.1, 0.15) is 11.0 Å². The van der Waals surface area contributed by atoms with Gasteiger partial charge in [-0.2, -0.15) is 8.75 Å². The van der Waals surface area contributed by atoms with Crippen LogP contribution in [0.1, 0.15) is 67.8 Å². The van der Waals surface area contributed by atoms with E-state index in [2.05, 4.69) is 100 Å². The number of hydrogen-bond acceptors (Lipinski definition) is 5. The first kappa shape index (κ1) is 26.5. The van der Waals surface area contributed by atoms with E-state index in [1.165, 1.54) is 79.7 Å². The summed E-state index contributed by atoms with van der Waals surface area (Å²) in [6, 6.07) is 26.6. The van der Waals surface area contributed by atoms with Crippen LogP contribution in [-0.4, -0.2) is 8.75 Å². The third kappa shape index (κ3) is 3.73. The summed E-state index contributed by atoms with van der Waals surface area (Å²) < 4.78 is 9.96. The molecule has 6 aromatic rings. The van der Waals surface area contributed by atoms with E-state index < -0.39 is 0 Å². The molecule has 0 radical (unpaired) electrons. The summed E-state index contributed by atoms with van der Waals surface area (Å²) in [5.41, 5.74) is 13.6. The van der Waals surface area contributed by atoms with Gasteiger partial charge in [-0.25, -0.2) is 0 Å². The zero-order valence-corrected chi connectivity index (χ0v) is 27.0. The van der Waals surface area contributed by atoms with Crippen LogP contribution in [0.4, 0.5) is 0 Å². The van der Waals surface area contributed by atoms with Crippen LogP contribution in [0.2, 0.25) is 0 Å². The van der Waals surface area contributed by atoms with Crippen molar-refractivity contribution >= 4 is 45.4 Å². The SMILES string of the molecule is CCCC1(C)Cc2c1sc(-c1ccc(-c3sc4c(c3-c3ccccc3)CC4(C)CC)c3nsnc13)c2-c1ccccc1. The maximum Gasteiger partial charge on any atom is 0.114 e. The molecule has 0 aliphatic heterocycles. The molecule has 2 atom stereocenters. The minimum Gasteiger partial charge on any atom is -0.172 e. The molecule has 8 rings (SSSR count). The van der Waals surface area contributed by atoms with E-state index in [0.29, 0.717) is 0 Å². The molecule has 0 saturated carbocycles. The minimum atomic E-state index is 0.274. The summed E-state index contributed by atoms with van der Waals surface area (Å²) in [5, 5.41) is 0. The van der Waals surface area contributed by atoms with E-state index >= 15 is 0 Å². The van der Waals surface area contributed by atoms with Gasteiger partial charge in [-0.05, 0) is 47.9 Å². The standard InChI is InChI=1S/C37H34N2S3/c1-5-19-37(4)21-27-29(23-15-11-8-12-16-23)33(41-35(27)37)25-18-17-24(30-31(25)39-42-38-30)32-28(22-13-9-7-10-14-22)26-20-36(3,6-2)34(26)40-32/h7-18H,5-6,19-21H2,1-4H3. The molecule has 2 unspecified atom stereocenters. The molecule has 3 aromatic carbocycles. The van der Waals surface area contributed by atoms with Crippen molar-refractivity contribution in [3.63, 3.8) is 0 Å². The molecule has 210 valence electrons. The number of thiophene rings is 2. The monoisotopic (exact) mass is 602 g/mol. The number of hydrogen-bond donors (Lipinski definition) is 0. The molecule has 2 aliphatic carbocycles. The maximum atomic E-state index is 4.98. The summed E-state index contributed by atoms with van der Waals surface area (Å²) in [4.78, 5) is 5.83. The number of rotatable bonds is 7. The van der Waals surface area contributed by atoms with Crippen LogP contribution in [0.15, 0.2) is 72.8 Å². The molecule has 0 N–H and O–H groups in total. The molecular formula is C37H34N2S3. The van der Waals surface area contributed by atoms with E-state index in [1.54, 1.807) is 15.3 Å². The fourth-order valence-electron chi connectivity index (χ4n) is 7.44. The molecule has 2 aliphatic rings. The predicted octanol–water partition coefficient (Wildman–Crippen LogP) is 11.3. The summed E-state index contributed by atoms with van der Waals surface area (Å²) >= 11 is 5.34. The number of nitrogens with zero attached hydrogens (tertiary/aromatic N) is 2. The van der Waals surface area contributed by atoms with E-state index in [-0.39, 0.29) is 10.8 Å². The van der Waals surface area contributed by atoms with Crippen LogP contribution in [0, 0.1) is 0 Å². The molecule has 42 heavy (non-hydrogen) atoms. The van der Waals surface area contributed by atoms with E-state index in [1.807, 2.05) is 22.7 Å². The highest BCUT2D eigenvalue weighted by molar-refractivity contribution is 7.17. The highest BCUT2D eigenvalue weighted by Gasteiger charge is 2.44. The first-order valence-corrected chi connectivity index (χ1v) is 17.5. The Morgan fingerprint density at radius 3 is 1.60 bits per heavy atom. The van der Waals surface area contributed by atoms with Gasteiger partial charge in [-0.3, -0.25) is 0 Å². The largest absolute Gasteiger partial charge is 0.172 e. The summed E-state index contributed by atoms with van der Waals surface area (Å²) in [6.45, 7) is 9.52. The van der Waals surface area contributed by atoms with Gasteiger partial charge in [0.15, 0.2) is 0 Å². The van der Waals surface area contributed by atoms with Crippen molar-refractivity contribution in [3.05, 3.63) is 93.7 Å². The predicted molar refractivity (Wildman–Crippen MR) is 182 cm³/mol. The van der Waals surface area contributed by atoms with Gasteiger partial charge in [0.2, 0.25) is 0 Å². The van der Waals surface area contributed by atoms with Crippen molar-refractivity contribution in [3.8, 4) is 43.1 Å². The Morgan fingerprint density at radius 2 is 1.12 bits per heavy atom. The quantitative estimate of drug-likeness (QED) is 0.182. The summed E-state index contributed by atoms with van der Waals surface area (Å²) in [7, 11) is 0. The van der Waals surface area contributed by atoms with Gasteiger partial charge in [0.25, 0.3) is 0 Å². The highest BCUT2D eigenvalue weighted by Crippen LogP contribution is 2.59. The molecule has 3 heterocycles. The number of benzene rings is 3. The Hall–Kier alpha value is -3.12. The number of aromatic nitrogens is 2. The second-order valence-corrected chi connectivity index (χ2v) is 15.2. The Morgan fingerprint density at radius 1 is 0.643 bits per heavy atom. The molecule has 0 spiro atoms. The van der Waals surface area contributed by atoms with E-state index in [0.717, 1.165) is 23.9 Å². The average molecular weight is 603 g/mol. The van der Waals surface area contributed by atoms with Gasteiger partial charge < -0.3 is 0 Å². The molecule has 3 aromatic heterocycles. The van der Waals surface area contributed by atoms with Crippen molar-refractivity contribution in [2.45, 2.75) is 70.6 Å². The lowest BCUT2D eigenvalue weighted by Crippen LogP contribution is -2.33. The highest BCUT2D eigenvalue weighted by atomic mass is 32.1. The van der Waals surface area contributed by atoms with Crippen molar-refractivity contribution in [2.75, 3.05) is 0 Å². The Bertz CT molecular complexity index is 1960. The van der Waals surface area contributed by atoms with Gasteiger partial charge in [-0.1, -0.05) is 107 Å². The van der Waals surface area contributed by atoms with Crippen LogP contribution >= 0.6 is 34.4 Å². The van der Waals surface area contributed by atoms with Gasteiger partial charge in [-0.15, -0.1) is 22.7 Å². The Labute approximate surface area is 260 Å². The number of fused-ring (bicyclic) bond motifs is 3. The van der Waals surface area contributed by atoms with Crippen molar-refractivity contribution < 1.29 is 0 Å². The lowest BCUT2D eigenvalue weighted by Gasteiger charge is -2.39. The average Bonchev–Trinajstić information content (AvgIpc) is 3.71. The van der Waals surface area contributed by atoms with Crippen LogP contribution < -0.4 is 0 Å². The van der Waals surface area contributed by atoms with Gasteiger partial charge in [0.05, 0.1) is 11.7 Å². The maximum absolute atomic E-state index is 4.98. The van der Waals surface area contributed by atoms with E-state index in [9.17, 15) is 0 Å². The molecule has 2 nitrogen and oxygen atoms in total. The first-order valence-electron chi connectivity index (χ1n) is 15.1. The summed E-state index contributed by atoms with van der Waals surface area (Å²) in [6.07, 6.45) is 5.93. The zero-order chi connectivity index (χ0) is 28.6. The Kier molecular flexibility index (Phi) is 6.12. The molecule has 5 heteroatoms. The smallest absolute Gasteiger partial charge is 0.114 e. The lowest BCUT2D eigenvalue weighted by atomic mass is 9.66. The van der Waals surface area contributed by atoms with Crippen molar-refractivity contribution in [1.82, 2.24) is 8.75 Å². The first-order chi connectivity index (χ1) is 20.5. The van der Waals surface area contributed by atoms with Crippen LogP contribution in [-0.2, 0) is 23.7 Å². The molecule has 0 bridgehead atoms. The van der Waals surface area contributed by atoms with Crippen LogP contribution in [0.5, 0.6) is 0 Å². The van der Waals surface area contributed by atoms with E-state index in [4.69, 9.17) is 8.75 Å². The van der Waals surface area contributed by atoms with Gasteiger partial charge in [0, 0.05) is 52.6 Å². The fraction of sp³-hybridized carbons (Fsp3) is 0.297. The normalized spacial score (nSPS) is 20.7. The van der Waals surface area contributed by atoms with Gasteiger partial charge >= 0.3 is 0 Å². The fourth-order valence-corrected chi connectivity index (χ4v) is 11.1. The third-order valence-corrected chi connectivity index (χ3v) is 13.5. The molecular weight excluding hydrogens is 569 g/mol. The molecule has 0 saturated heterocycles. The zero-order valence-electron chi connectivity index (χ0n) is 24.6. The molecule has 0 amide bonds. The van der Waals surface area contributed by atoms with Crippen molar-refractivity contribution in [2.24, 2.45) is 0 Å². The van der Waals surface area contributed by atoms with Crippen LogP contribution in [0.25, 0.3) is 54.2 Å². The minimum absolute atomic E-state index is 0.274. The topological polar surface area (TPSA) is 25.8 Å². The molecule has 0 fully saturated rings. The second-order valence-electron chi connectivity index (χ2n) is 12.7. The summed E-state index contributed by atoms with van der Waals surface area (Å²) in [5.74, 6) is 0. The third-order valence-electron chi connectivity index (χ3n) is 9.86. The lowest BCUT2D eigenvalue weighted by molar-refractivity contribution is 0.386. The second kappa shape index (κ2) is 9.70. The van der Waals surface area contributed by atoms with Crippen molar-refractivity contribution in [1.29, 1.82) is 0 Å². The Balaban J connectivity index is 1.34. The van der Waals surface area contributed by atoms with Crippen LogP contribution in [0.3, 0.4) is 0 Å².